The summed E-state index contributed by atoms with van der Waals surface area (Å²) < 4.78 is 27.7. The van der Waals surface area contributed by atoms with Gasteiger partial charge < -0.3 is 10.4 Å². The van der Waals surface area contributed by atoms with Gasteiger partial charge in [0.15, 0.2) is 0 Å². The molecule has 0 aliphatic heterocycles. The van der Waals surface area contributed by atoms with Crippen molar-refractivity contribution in [3.8, 4) is 0 Å². The second-order valence-electron chi connectivity index (χ2n) is 5.56. The molecule has 0 saturated carbocycles. The van der Waals surface area contributed by atoms with Gasteiger partial charge in [-0.25, -0.2) is 13.2 Å². The average Bonchev–Trinajstić information content (AvgIpc) is 2.57. The van der Waals surface area contributed by atoms with Crippen molar-refractivity contribution in [3.05, 3.63) is 65.7 Å². The lowest BCUT2D eigenvalue weighted by Gasteiger charge is -2.13. The molecule has 136 valence electrons. The lowest BCUT2D eigenvalue weighted by molar-refractivity contribution is -0.131. The first kappa shape index (κ1) is 19.2. The lowest BCUT2D eigenvalue weighted by Crippen LogP contribution is -2.15. The monoisotopic (exact) mass is 374 g/mol. The van der Waals surface area contributed by atoms with Crippen LogP contribution < -0.4 is 10.0 Å². The molecule has 0 saturated heterocycles. The lowest BCUT2D eigenvalue weighted by atomic mass is 10.1. The van der Waals surface area contributed by atoms with Crippen LogP contribution in [0.4, 0.5) is 11.4 Å². The van der Waals surface area contributed by atoms with E-state index in [9.17, 15) is 18.0 Å². The summed E-state index contributed by atoms with van der Waals surface area (Å²) in [5, 5.41) is 10.9. The Bertz CT molecular complexity index is 943. The van der Waals surface area contributed by atoms with Gasteiger partial charge in [0, 0.05) is 17.8 Å². The van der Waals surface area contributed by atoms with Crippen LogP contribution in [0.1, 0.15) is 11.1 Å². The van der Waals surface area contributed by atoms with Gasteiger partial charge in [0.1, 0.15) is 0 Å². The molecule has 1 amide bonds. The van der Waals surface area contributed by atoms with E-state index in [-0.39, 0.29) is 4.90 Å². The molecular weight excluding hydrogens is 356 g/mol. The fourth-order valence-electron chi connectivity index (χ4n) is 2.22. The number of anilines is 2. The highest BCUT2D eigenvalue weighted by molar-refractivity contribution is 7.92. The Balaban J connectivity index is 2.16. The van der Waals surface area contributed by atoms with E-state index in [0.29, 0.717) is 17.5 Å². The second kappa shape index (κ2) is 7.83. The van der Waals surface area contributed by atoms with Gasteiger partial charge in [-0.3, -0.25) is 9.52 Å². The molecule has 0 atom stereocenters. The Kier molecular flexibility index (Phi) is 5.78. The first-order valence-corrected chi connectivity index (χ1v) is 9.08. The van der Waals surface area contributed by atoms with E-state index in [1.165, 1.54) is 24.3 Å². The van der Waals surface area contributed by atoms with Crippen molar-refractivity contribution in [2.75, 3.05) is 10.0 Å². The van der Waals surface area contributed by atoms with Crippen molar-refractivity contribution in [3.63, 3.8) is 0 Å². The molecule has 0 aromatic heterocycles. The van der Waals surface area contributed by atoms with Gasteiger partial charge in [0.2, 0.25) is 5.91 Å². The molecule has 0 aliphatic carbocycles. The molecule has 0 radical (unpaired) electrons. The Labute approximate surface area is 151 Å². The number of nitrogens with one attached hydrogen (secondary N) is 2. The van der Waals surface area contributed by atoms with Crippen LogP contribution in [0, 0.1) is 13.8 Å². The van der Waals surface area contributed by atoms with Crippen LogP contribution in [-0.2, 0) is 19.6 Å². The second-order valence-corrected chi connectivity index (χ2v) is 7.24. The number of carbonyl (C=O) groups is 2. The molecule has 2 rings (SSSR count). The number of hydrogen-bond acceptors (Lipinski definition) is 4. The summed E-state index contributed by atoms with van der Waals surface area (Å²) in [6.45, 7) is 3.63. The van der Waals surface area contributed by atoms with E-state index in [0.717, 1.165) is 17.2 Å². The Morgan fingerprint density at radius 2 is 1.54 bits per heavy atom. The highest BCUT2D eigenvalue weighted by Gasteiger charge is 2.16. The SMILES string of the molecule is Cc1cccc(C)c1NS(=O)(=O)c1ccc(NC(=O)/C=C/C(=O)O)cc1. The zero-order chi connectivity index (χ0) is 19.3. The Morgan fingerprint density at radius 1 is 0.962 bits per heavy atom. The van der Waals surface area contributed by atoms with Crippen LogP contribution >= 0.6 is 0 Å². The molecule has 7 nitrogen and oxygen atoms in total. The van der Waals surface area contributed by atoms with E-state index < -0.39 is 21.9 Å². The van der Waals surface area contributed by atoms with E-state index in [4.69, 9.17) is 5.11 Å². The van der Waals surface area contributed by atoms with Crippen molar-refractivity contribution < 1.29 is 23.1 Å². The van der Waals surface area contributed by atoms with Crippen LogP contribution in [0.5, 0.6) is 0 Å². The maximum Gasteiger partial charge on any atom is 0.328 e. The molecule has 0 bridgehead atoms. The first-order valence-electron chi connectivity index (χ1n) is 7.60. The highest BCUT2D eigenvalue weighted by Crippen LogP contribution is 2.24. The number of sulfonamides is 1. The van der Waals surface area contributed by atoms with Crippen molar-refractivity contribution in [2.45, 2.75) is 18.7 Å². The third-order valence-electron chi connectivity index (χ3n) is 3.53. The third kappa shape index (κ3) is 4.93. The van der Waals surface area contributed by atoms with Crippen LogP contribution in [0.2, 0.25) is 0 Å². The molecule has 0 heterocycles. The summed E-state index contributed by atoms with van der Waals surface area (Å²) in [5.41, 5.74) is 2.49. The zero-order valence-corrected chi connectivity index (χ0v) is 15.0. The number of carbonyl (C=O) groups excluding carboxylic acids is 1. The van der Waals surface area contributed by atoms with Crippen molar-refractivity contribution in [1.29, 1.82) is 0 Å². The summed E-state index contributed by atoms with van der Waals surface area (Å²) in [5.74, 6) is -1.86. The van der Waals surface area contributed by atoms with E-state index in [1.807, 2.05) is 32.0 Å². The number of rotatable bonds is 6. The van der Waals surface area contributed by atoms with Crippen LogP contribution in [0.3, 0.4) is 0 Å². The van der Waals surface area contributed by atoms with Gasteiger partial charge in [-0.1, -0.05) is 18.2 Å². The molecule has 0 unspecified atom stereocenters. The topological polar surface area (TPSA) is 113 Å². The summed E-state index contributed by atoms with van der Waals surface area (Å²) in [6, 6.07) is 11.0. The summed E-state index contributed by atoms with van der Waals surface area (Å²) in [4.78, 5) is 21.9. The van der Waals surface area contributed by atoms with Gasteiger partial charge in [-0.2, -0.15) is 0 Å². The fourth-order valence-corrected chi connectivity index (χ4v) is 3.42. The molecule has 2 aromatic rings. The zero-order valence-electron chi connectivity index (χ0n) is 14.2. The van der Waals surface area contributed by atoms with E-state index >= 15 is 0 Å². The maximum atomic E-state index is 12.5. The largest absolute Gasteiger partial charge is 0.478 e. The van der Waals surface area contributed by atoms with Crippen molar-refractivity contribution >= 4 is 33.3 Å². The summed E-state index contributed by atoms with van der Waals surface area (Å²) in [6.07, 6.45) is 1.58. The number of hydrogen-bond donors (Lipinski definition) is 3. The first-order chi connectivity index (χ1) is 12.2. The minimum atomic E-state index is -3.78. The third-order valence-corrected chi connectivity index (χ3v) is 4.89. The normalized spacial score (nSPS) is 11.3. The molecule has 0 spiro atoms. The molecule has 26 heavy (non-hydrogen) atoms. The number of benzene rings is 2. The highest BCUT2D eigenvalue weighted by atomic mass is 32.2. The van der Waals surface area contributed by atoms with Crippen molar-refractivity contribution in [1.82, 2.24) is 0 Å². The quantitative estimate of drug-likeness (QED) is 0.673. The number of aliphatic carboxylic acids is 1. The minimum absolute atomic E-state index is 0.0410. The molecule has 2 aromatic carbocycles. The Morgan fingerprint density at radius 3 is 2.08 bits per heavy atom. The van der Waals surface area contributed by atoms with Gasteiger partial charge in [-0.05, 0) is 49.2 Å². The molecule has 3 N–H and O–H groups in total. The smallest absolute Gasteiger partial charge is 0.328 e. The predicted molar refractivity (Wildman–Crippen MR) is 98.6 cm³/mol. The molecular formula is C18H18N2O5S. The number of amides is 1. The van der Waals surface area contributed by atoms with Gasteiger partial charge in [-0.15, -0.1) is 0 Å². The van der Waals surface area contributed by atoms with Crippen LogP contribution in [0.15, 0.2) is 59.5 Å². The average molecular weight is 374 g/mol. The van der Waals surface area contributed by atoms with Crippen LogP contribution in [-0.4, -0.2) is 25.4 Å². The number of aryl methyl sites for hydroxylation is 2. The van der Waals surface area contributed by atoms with Gasteiger partial charge in [0.05, 0.1) is 10.6 Å². The standard InChI is InChI=1S/C18H18N2O5S/c1-12-4-3-5-13(2)18(12)20-26(24,25)15-8-6-14(7-9-15)19-16(21)10-11-17(22)23/h3-11,20H,1-2H3,(H,19,21)(H,22,23)/b11-10+. The molecule has 0 aliphatic rings. The van der Waals surface area contributed by atoms with E-state index in [2.05, 4.69) is 10.0 Å². The summed E-state index contributed by atoms with van der Waals surface area (Å²) >= 11 is 0. The number of carboxylic acid groups (broad SMARTS) is 1. The fraction of sp³-hybridized carbons (Fsp3) is 0.111. The Hall–Kier alpha value is -3.13. The number of carboxylic acids is 1. The summed E-state index contributed by atoms with van der Waals surface area (Å²) in [7, 11) is -3.78. The molecule has 0 fully saturated rings. The van der Waals surface area contributed by atoms with E-state index in [1.54, 1.807) is 0 Å². The van der Waals surface area contributed by atoms with Gasteiger partial charge >= 0.3 is 5.97 Å². The maximum absolute atomic E-state index is 12.5. The minimum Gasteiger partial charge on any atom is -0.478 e. The van der Waals surface area contributed by atoms with Crippen LogP contribution in [0.25, 0.3) is 0 Å². The molecule has 8 heteroatoms. The predicted octanol–water partition coefficient (Wildman–Crippen LogP) is 2.68. The van der Waals surface area contributed by atoms with Crippen molar-refractivity contribution in [2.24, 2.45) is 0 Å². The number of para-hydroxylation sites is 1. The van der Waals surface area contributed by atoms with Gasteiger partial charge in [0.25, 0.3) is 10.0 Å².